The van der Waals surface area contributed by atoms with Crippen LogP contribution >= 0.6 is 11.8 Å². The van der Waals surface area contributed by atoms with Gasteiger partial charge in [0.1, 0.15) is 5.75 Å². The first-order valence-corrected chi connectivity index (χ1v) is 5.52. The average molecular weight is 250 g/mol. The Hall–Kier alpha value is -0.840. The van der Waals surface area contributed by atoms with Crippen LogP contribution in [0.4, 0.5) is 13.2 Å². The van der Waals surface area contributed by atoms with E-state index in [0.717, 1.165) is 4.90 Å². The lowest BCUT2D eigenvalue weighted by Gasteiger charge is -2.18. The number of benzene rings is 1. The predicted octanol–water partition coefficient (Wildman–Crippen LogP) is 4.48. The minimum absolute atomic E-state index is 0.0448. The van der Waals surface area contributed by atoms with E-state index >= 15 is 0 Å². The molecule has 5 heteroatoms. The highest BCUT2D eigenvalue weighted by Gasteiger charge is 2.31. The van der Waals surface area contributed by atoms with E-state index in [-0.39, 0.29) is 10.5 Å². The van der Waals surface area contributed by atoms with Crippen LogP contribution in [0.2, 0.25) is 0 Å². The molecule has 0 atom stereocenters. The summed E-state index contributed by atoms with van der Waals surface area (Å²) in [4.78, 5) is 0.759. The number of rotatable bonds is 2. The van der Waals surface area contributed by atoms with Crippen LogP contribution in [0, 0.1) is 0 Å². The van der Waals surface area contributed by atoms with Crippen LogP contribution in [-0.4, -0.2) is 11.1 Å². The maximum Gasteiger partial charge on any atom is 0.573 e. The molecular formula is C11H13F3OS. The molecule has 16 heavy (non-hydrogen) atoms. The molecule has 0 heterocycles. The van der Waals surface area contributed by atoms with Crippen LogP contribution in [-0.2, 0) is 0 Å². The van der Waals surface area contributed by atoms with Crippen LogP contribution in [0.1, 0.15) is 20.8 Å². The van der Waals surface area contributed by atoms with Crippen LogP contribution in [0.25, 0.3) is 0 Å². The molecule has 0 fully saturated rings. The zero-order valence-electron chi connectivity index (χ0n) is 9.26. The summed E-state index contributed by atoms with van der Waals surface area (Å²) in [5, 5.41) is 0. The Labute approximate surface area is 97.0 Å². The second kappa shape index (κ2) is 4.57. The van der Waals surface area contributed by atoms with Gasteiger partial charge >= 0.3 is 6.36 Å². The zero-order chi connectivity index (χ0) is 12.4. The molecule has 0 saturated heterocycles. The third kappa shape index (κ3) is 5.30. The van der Waals surface area contributed by atoms with E-state index in [1.165, 1.54) is 23.9 Å². The van der Waals surface area contributed by atoms with Crippen molar-refractivity contribution in [2.45, 2.75) is 36.8 Å². The van der Waals surface area contributed by atoms with Crippen molar-refractivity contribution in [2.24, 2.45) is 0 Å². The summed E-state index contributed by atoms with van der Waals surface area (Å²) in [5.74, 6) is -0.179. The van der Waals surface area contributed by atoms with E-state index in [1.54, 1.807) is 12.1 Å². The standard InChI is InChI=1S/C11H13F3OS/c1-10(2,3)16-9-6-4-5-8(7-9)15-11(12,13)14/h4-7H,1-3H3. The number of ether oxygens (including phenoxy) is 1. The van der Waals surface area contributed by atoms with Crippen molar-refractivity contribution in [3.05, 3.63) is 24.3 Å². The fraction of sp³-hybridized carbons (Fsp3) is 0.455. The summed E-state index contributed by atoms with van der Waals surface area (Å²) in [6.07, 6.45) is -4.63. The first-order valence-electron chi connectivity index (χ1n) is 4.70. The highest BCUT2D eigenvalue weighted by Crippen LogP contribution is 2.34. The minimum atomic E-state index is -4.63. The molecule has 1 aromatic carbocycles. The van der Waals surface area contributed by atoms with Gasteiger partial charge in [-0.05, 0) is 18.2 Å². The molecule has 0 unspecified atom stereocenters. The molecular weight excluding hydrogens is 237 g/mol. The summed E-state index contributed by atoms with van der Waals surface area (Å²) in [5.41, 5.74) is 0. The molecule has 0 radical (unpaired) electrons. The molecule has 0 spiro atoms. The first kappa shape index (κ1) is 13.2. The Morgan fingerprint density at radius 2 is 1.75 bits per heavy atom. The Bertz CT molecular complexity index is 324. The van der Waals surface area contributed by atoms with E-state index in [4.69, 9.17) is 0 Å². The van der Waals surface area contributed by atoms with Crippen molar-refractivity contribution < 1.29 is 17.9 Å². The third-order valence-corrected chi connectivity index (χ3v) is 2.57. The van der Waals surface area contributed by atoms with Gasteiger partial charge in [0.2, 0.25) is 0 Å². The normalized spacial score (nSPS) is 12.6. The van der Waals surface area contributed by atoms with Gasteiger partial charge in [0, 0.05) is 9.64 Å². The maximum atomic E-state index is 12.0. The number of alkyl halides is 3. The number of hydrogen-bond donors (Lipinski definition) is 0. The van der Waals surface area contributed by atoms with Gasteiger partial charge in [-0.25, -0.2) is 0 Å². The Morgan fingerprint density at radius 3 is 2.25 bits per heavy atom. The van der Waals surface area contributed by atoms with Crippen LogP contribution < -0.4 is 4.74 Å². The van der Waals surface area contributed by atoms with Crippen LogP contribution in [0.3, 0.4) is 0 Å². The number of thioether (sulfide) groups is 1. The summed E-state index contributed by atoms with van der Waals surface area (Å²) < 4.78 is 39.7. The second-order valence-electron chi connectivity index (χ2n) is 4.24. The molecule has 0 saturated carbocycles. The molecule has 1 nitrogen and oxygen atoms in total. The zero-order valence-corrected chi connectivity index (χ0v) is 10.1. The summed E-state index contributed by atoms with van der Waals surface area (Å²) in [6.45, 7) is 5.98. The Balaban J connectivity index is 2.79. The van der Waals surface area contributed by atoms with Crippen LogP contribution in [0.5, 0.6) is 5.75 Å². The van der Waals surface area contributed by atoms with Gasteiger partial charge in [-0.15, -0.1) is 24.9 Å². The summed E-state index contributed by atoms with van der Waals surface area (Å²) in [6, 6.07) is 6.00. The Kier molecular flexibility index (Phi) is 3.78. The van der Waals surface area contributed by atoms with E-state index in [1.807, 2.05) is 20.8 Å². The van der Waals surface area contributed by atoms with Gasteiger partial charge in [-0.1, -0.05) is 26.8 Å². The molecule has 1 aromatic rings. The van der Waals surface area contributed by atoms with Crippen LogP contribution in [0.15, 0.2) is 29.2 Å². The minimum Gasteiger partial charge on any atom is -0.406 e. The fourth-order valence-corrected chi connectivity index (χ4v) is 2.12. The average Bonchev–Trinajstić information content (AvgIpc) is 1.96. The SMILES string of the molecule is CC(C)(C)Sc1cccc(OC(F)(F)F)c1. The lowest BCUT2D eigenvalue weighted by atomic mass is 10.3. The maximum absolute atomic E-state index is 12.0. The second-order valence-corrected chi connectivity index (χ2v) is 6.14. The van der Waals surface area contributed by atoms with Gasteiger partial charge < -0.3 is 4.74 Å². The summed E-state index contributed by atoms with van der Waals surface area (Å²) >= 11 is 1.49. The molecule has 0 aliphatic carbocycles. The highest BCUT2D eigenvalue weighted by atomic mass is 32.2. The van der Waals surface area contributed by atoms with Crippen molar-refractivity contribution in [3.8, 4) is 5.75 Å². The molecule has 0 N–H and O–H groups in total. The summed E-state index contributed by atoms with van der Waals surface area (Å²) in [7, 11) is 0. The smallest absolute Gasteiger partial charge is 0.406 e. The third-order valence-electron chi connectivity index (χ3n) is 1.46. The van der Waals surface area contributed by atoms with Gasteiger partial charge in [0.25, 0.3) is 0 Å². The van der Waals surface area contributed by atoms with Gasteiger partial charge in [-0.3, -0.25) is 0 Å². The number of hydrogen-bond acceptors (Lipinski definition) is 2. The van der Waals surface area contributed by atoms with E-state index < -0.39 is 6.36 Å². The van der Waals surface area contributed by atoms with Crippen molar-refractivity contribution in [2.75, 3.05) is 0 Å². The molecule has 0 aromatic heterocycles. The highest BCUT2D eigenvalue weighted by molar-refractivity contribution is 8.00. The van der Waals surface area contributed by atoms with E-state index in [9.17, 15) is 13.2 Å². The molecule has 0 bridgehead atoms. The van der Waals surface area contributed by atoms with Gasteiger partial charge in [0.05, 0.1) is 0 Å². The number of halogens is 3. The topological polar surface area (TPSA) is 9.23 Å². The van der Waals surface area contributed by atoms with E-state index in [0.29, 0.717) is 0 Å². The largest absolute Gasteiger partial charge is 0.573 e. The molecule has 0 aliphatic heterocycles. The predicted molar refractivity (Wildman–Crippen MR) is 58.7 cm³/mol. The molecule has 0 amide bonds. The van der Waals surface area contributed by atoms with E-state index in [2.05, 4.69) is 4.74 Å². The Morgan fingerprint density at radius 1 is 1.12 bits per heavy atom. The van der Waals surface area contributed by atoms with Crippen molar-refractivity contribution >= 4 is 11.8 Å². The van der Waals surface area contributed by atoms with Crippen molar-refractivity contribution in [1.82, 2.24) is 0 Å². The van der Waals surface area contributed by atoms with Gasteiger partial charge in [-0.2, -0.15) is 0 Å². The monoisotopic (exact) mass is 250 g/mol. The lowest BCUT2D eigenvalue weighted by molar-refractivity contribution is -0.274. The quantitative estimate of drug-likeness (QED) is 0.716. The van der Waals surface area contributed by atoms with Gasteiger partial charge in [0.15, 0.2) is 0 Å². The lowest BCUT2D eigenvalue weighted by Crippen LogP contribution is -2.17. The van der Waals surface area contributed by atoms with Crippen molar-refractivity contribution in [3.63, 3.8) is 0 Å². The fourth-order valence-electron chi connectivity index (χ4n) is 1.09. The molecule has 90 valence electrons. The first-order chi connectivity index (χ1) is 7.16. The molecule has 0 aliphatic rings. The molecule has 1 rings (SSSR count). The van der Waals surface area contributed by atoms with Crippen molar-refractivity contribution in [1.29, 1.82) is 0 Å².